The average molecular weight is 352 g/mol. The molecule has 3 aliphatic heterocycles. The number of likely N-dealkylation sites (tertiary alicyclic amines) is 2. The van der Waals surface area contributed by atoms with Gasteiger partial charge in [0.1, 0.15) is 0 Å². The number of nitrogens with one attached hydrogen (secondary N) is 1. The van der Waals surface area contributed by atoms with Crippen LogP contribution in [-0.2, 0) is 9.47 Å². The fourth-order valence-corrected chi connectivity index (χ4v) is 3.73. The van der Waals surface area contributed by atoms with Crippen LogP contribution in [0.3, 0.4) is 0 Å². The molecule has 3 saturated heterocycles. The van der Waals surface area contributed by atoms with Crippen molar-refractivity contribution in [2.75, 3.05) is 44.7 Å². The van der Waals surface area contributed by atoms with E-state index in [1.54, 1.807) is 12.1 Å². The third-order valence-corrected chi connectivity index (χ3v) is 5.39. The molecule has 24 heavy (non-hydrogen) atoms. The quantitative estimate of drug-likeness (QED) is 0.889. The van der Waals surface area contributed by atoms with Crippen molar-refractivity contribution in [2.24, 2.45) is 0 Å². The van der Waals surface area contributed by atoms with Crippen LogP contribution in [0.5, 0.6) is 0 Å². The largest absolute Gasteiger partial charge is 0.347 e. The van der Waals surface area contributed by atoms with E-state index in [0.29, 0.717) is 24.3 Å². The van der Waals surface area contributed by atoms with E-state index in [9.17, 15) is 4.79 Å². The summed E-state index contributed by atoms with van der Waals surface area (Å²) in [7, 11) is 0. The number of halogens is 1. The second-order valence-corrected chi connectivity index (χ2v) is 7.08. The molecular formula is C17H22ClN3O3. The average Bonchev–Trinajstić information content (AvgIpc) is 2.98. The molecule has 1 spiro atoms. The highest BCUT2D eigenvalue weighted by Crippen LogP contribution is 2.33. The highest BCUT2D eigenvalue weighted by Gasteiger charge is 2.43. The summed E-state index contributed by atoms with van der Waals surface area (Å²) in [6.07, 6.45) is 1.83. The summed E-state index contributed by atoms with van der Waals surface area (Å²) in [5, 5.41) is 3.57. The fourth-order valence-electron chi connectivity index (χ4n) is 3.60. The lowest BCUT2D eigenvalue weighted by Crippen LogP contribution is -2.64. The van der Waals surface area contributed by atoms with E-state index in [-0.39, 0.29) is 11.8 Å². The molecule has 2 amide bonds. The summed E-state index contributed by atoms with van der Waals surface area (Å²) in [4.78, 5) is 16.5. The smallest absolute Gasteiger partial charge is 0.321 e. The first-order valence-corrected chi connectivity index (χ1v) is 8.85. The number of ether oxygens (including phenoxy) is 2. The van der Waals surface area contributed by atoms with Gasteiger partial charge in [-0.05, 0) is 24.3 Å². The summed E-state index contributed by atoms with van der Waals surface area (Å²) in [5.41, 5.74) is 0.767. The minimum atomic E-state index is -0.327. The van der Waals surface area contributed by atoms with Crippen molar-refractivity contribution in [3.05, 3.63) is 29.3 Å². The van der Waals surface area contributed by atoms with Crippen LogP contribution in [0.25, 0.3) is 0 Å². The zero-order valence-corrected chi connectivity index (χ0v) is 14.3. The number of nitrogens with zero attached hydrogens (tertiary/aromatic N) is 2. The van der Waals surface area contributed by atoms with Gasteiger partial charge in [-0.2, -0.15) is 0 Å². The van der Waals surface area contributed by atoms with E-state index >= 15 is 0 Å². The Morgan fingerprint density at radius 2 is 1.75 bits per heavy atom. The third-order valence-electron chi connectivity index (χ3n) is 5.13. The van der Waals surface area contributed by atoms with Crippen LogP contribution in [0.4, 0.5) is 10.5 Å². The summed E-state index contributed by atoms with van der Waals surface area (Å²) in [5.74, 6) is -0.327. The maximum atomic E-state index is 12.2. The second kappa shape index (κ2) is 6.52. The molecule has 0 unspecified atom stereocenters. The minimum absolute atomic E-state index is 0.0514. The van der Waals surface area contributed by atoms with Crippen LogP contribution in [0.1, 0.15) is 12.8 Å². The zero-order chi connectivity index (χ0) is 16.6. The monoisotopic (exact) mass is 351 g/mol. The fraction of sp³-hybridized carbons (Fsp3) is 0.588. The molecule has 3 heterocycles. The Morgan fingerprint density at radius 3 is 2.38 bits per heavy atom. The Labute approximate surface area is 146 Å². The zero-order valence-electron chi connectivity index (χ0n) is 13.5. The van der Waals surface area contributed by atoms with Crippen molar-refractivity contribution >= 4 is 23.3 Å². The SMILES string of the molecule is O=C(Nc1ccc(Cl)cc1)N1CC(N2CCC3(CC2)OCCO3)C1. The third kappa shape index (κ3) is 3.24. The number of carbonyl (C=O) groups is 1. The first-order chi connectivity index (χ1) is 11.6. The summed E-state index contributed by atoms with van der Waals surface area (Å²) in [6, 6.07) is 7.55. The van der Waals surface area contributed by atoms with E-state index in [4.69, 9.17) is 21.1 Å². The van der Waals surface area contributed by atoms with Gasteiger partial charge in [-0.15, -0.1) is 0 Å². The van der Waals surface area contributed by atoms with E-state index in [0.717, 1.165) is 44.7 Å². The molecule has 3 aliphatic rings. The molecule has 130 valence electrons. The summed E-state index contributed by atoms with van der Waals surface area (Å²) < 4.78 is 11.5. The Balaban J connectivity index is 1.23. The summed E-state index contributed by atoms with van der Waals surface area (Å²) >= 11 is 5.85. The van der Waals surface area contributed by atoms with Gasteiger partial charge in [-0.3, -0.25) is 4.90 Å². The Kier molecular flexibility index (Phi) is 4.39. The van der Waals surface area contributed by atoms with Gasteiger partial charge in [0.05, 0.1) is 13.2 Å². The predicted octanol–water partition coefficient (Wildman–Crippen LogP) is 2.40. The Hall–Kier alpha value is -1.34. The lowest BCUT2D eigenvalue weighted by atomic mass is 9.99. The molecule has 0 aromatic heterocycles. The molecule has 0 aliphatic carbocycles. The number of urea groups is 1. The van der Waals surface area contributed by atoms with E-state index < -0.39 is 0 Å². The molecule has 1 aromatic rings. The highest BCUT2D eigenvalue weighted by atomic mass is 35.5. The predicted molar refractivity (Wildman–Crippen MR) is 91.3 cm³/mol. The van der Waals surface area contributed by atoms with Crippen LogP contribution < -0.4 is 5.32 Å². The van der Waals surface area contributed by atoms with Crippen LogP contribution in [-0.4, -0.2) is 67.1 Å². The number of anilines is 1. The molecule has 1 N–H and O–H groups in total. The molecule has 3 fully saturated rings. The number of carbonyl (C=O) groups excluding carboxylic acids is 1. The van der Waals surface area contributed by atoms with Crippen molar-refractivity contribution in [3.8, 4) is 0 Å². The molecule has 0 bridgehead atoms. The molecule has 7 heteroatoms. The maximum Gasteiger partial charge on any atom is 0.321 e. The molecule has 0 radical (unpaired) electrons. The number of amides is 2. The van der Waals surface area contributed by atoms with Crippen LogP contribution in [0.15, 0.2) is 24.3 Å². The van der Waals surface area contributed by atoms with Gasteiger partial charge in [0.2, 0.25) is 0 Å². The Bertz CT molecular complexity index is 588. The van der Waals surface area contributed by atoms with Crippen LogP contribution in [0.2, 0.25) is 5.02 Å². The second-order valence-electron chi connectivity index (χ2n) is 6.64. The van der Waals surface area contributed by atoms with Crippen molar-refractivity contribution < 1.29 is 14.3 Å². The molecule has 0 saturated carbocycles. The molecule has 4 rings (SSSR count). The van der Waals surface area contributed by atoms with Crippen molar-refractivity contribution in [3.63, 3.8) is 0 Å². The standard InChI is InChI=1S/C17H22ClN3O3/c18-13-1-3-14(4-2-13)19-16(22)21-11-15(12-21)20-7-5-17(6-8-20)23-9-10-24-17/h1-4,15H,5-12H2,(H,19,22). The highest BCUT2D eigenvalue weighted by molar-refractivity contribution is 6.30. The van der Waals surface area contributed by atoms with Gasteiger partial charge in [0.25, 0.3) is 0 Å². The molecule has 0 atom stereocenters. The van der Waals surface area contributed by atoms with Gasteiger partial charge in [0.15, 0.2) is 5.79 Å². The van der Waals surface area contributed by atoms with E-state index in [2.05, 4.69) is 10.2 Å². The van der Waals surface area contributed by atoms with Gasteiger partial charge >= 0.3 is 6.03 Å². The maximum absolute atomic E-state index is 12.2. The van der Waals surface area contributed by atoms with Gasteiger partial charge in [-0.25, -0.2) is 4.79 Å². The molecule has 6 nitrogen and oxygen atoms in total. The Morgan fingerprint density at radius 1 is 1.12 bits per heavy atom. The normalized spacial score (nSPS) is 24.1. The topological polar surface area (TPSA) is 54.0 Å². The van der Waals surface area contributed by atoms with Crippen LogP contribution in [0, 0.1) is 0 Å². The number of piperidine rings is 1. The first-order valence-electron chi connectivity index (χ1n) is 8.47. The van der Waals surface area contributed by atoms with Crippen molar-refractivity contribution in [1.82, 2.24) is 9.80 Å². The van der Waals surface area contributed by atoms with E-state index in [1.807, 2.05) is 17.0 Å². The number of hydrogen-bond donors (Lipinski definition) is 1. The van der Waals surface area contributed by atoms with Gasteiger partial charge < -0.3 is 19.7 Å². The lowest BCUT2D eigenvalue weighted by molar-refractivity contribution is -0.190. The van der Waals surface area contributed by atoms with Gasteiger partial charge in [-0.1, -0.05) is 11.6 Å². The minimum Gasteiger partial charge on any atom is -0.347 e. The summed E-state index contributed by atoms with van der Waals surface area (Å²) in [6.45, 7) is 4.90. The van der Waals surface area contributed by atoms with Crippen molar-refractivity contribution in [1.29, 1.82) is 0 Å². The number of hydrogen-bond acceptors (Lipinski definition) is 4. The lowest BCUT2D eigenvalue weighted by Gasteiger charge is -2.48. The van der Waals surface area contributed by atoms with Crippen molar-refractivity contribution in [2.45, 2.75) is 24.7 Å². The first kappa shape index (κ1) is 16.1. The molecular weight excluding hydrogens is 330 g/mol. The van der Waals surface area contributed by atoms with Gasteiger partial charge in [0, 0.05) is 55.8 Å². The van der Waals surface area contributed by atoms with E-state index in [1.165, 1.54) is 0 Å². The number of benzene rings is 1. The molecule has 1 aromatic carbocycles. The number of rotatable bonds is 2. The van der Waals surface area contributed by atoms with Crippen LogP contribution >= 0.6 is 11.6 Å².